The van der Waals surface area contributed by atoms with E-state index in [1.54, 1.807) is 6.07 Å². The number of aliphatic hydroxyl groups is 1. The Morgan fingerprint density at radius 3 is 2.18 bits per heavy atom. The summed E-state index contributed by atoms with van der Waals surface area (Å²) in [6.45, 7) is 5.79. The third-order valence-electron chi connectivity index (χ3n) is 8.30. The van der Waals surface area contributed by atoms with E-state index in [1.807, 2.05) is 22.6 Å². The number of likely N-dealkylation sites (tertiary alicyclic amines) is 1. The number of nitrogens with zero attached hydrogens (tertiary/aromatic N) is 4. The van der Waals surface area contributed by atoms with Gasteiger partial charge in [0.05, 0.1) is 25.1 Å². The van der Waals surface area contributed by atoms with Gasteiger partial charge in [-0.1, -0.05) is 43.7 Å². The van der Waals surface area contributed by atoms with Crippen molar-refractivity contribution in [2.75, 3.05) is 33.2 Å². The molecular formula is C32H44N4O9. The summed E-state index contributed by atoms with van der Waals surface area (Å²) in [5.74, 6) is -3.21. The lowest BCUT2D eigenvalue weighted by Gasteiger charge is -2.33. The fourth-order valence-electron chi connectivity index (χ4n) is 5.83. The van der Waals surface area contributed by atoms with Crippen LogP contribution in [0.5, 0.6) is 0 Å². The van der Waals surface area contributed by atoms with Gasteiger partial charge in [-0.25, -0.2) is 9.78 Å². The SMILES string of the molecule is CC(CN(C)CC(=O)N1CCC(c2cc(=O)n3c(n2)CCCCC3)CC1)c1ccccc1.O=C(O)CC(O)(CC(=O)O)C(=O)O. The number of carbonyl (C=O) groups excluding carboxylic acids is 1. The lowest BCUT2D eigenvalue weighted by molar-refractivity contribution is -0.170. The van der Waals surface area contributed by atoms with Crippen molar-refractivity contribution in [3.63, 3.8) is 0 Å². The summed E-state index contributed by atoms with van der Waals surface area (Å²) in [7, 11) is 2.02. The number of rotatable bonds is 11. The minimum Gasteiger partial charge on any atom is -0.481 e. The van der Waals surface area contributed by atoms with Gasteiger partial charge in [0.15, 0.2) is 5.60 Å². The quantitative estimate of drug-likeness (QED) is 0.285. The molecule has 4 rings (SSSR count). The summed E-state index contributed by atoms with van der Waals surface area (Å²) in [6.07, 6.45) is 3.71. The largest absolute Gasteiger partial charge is 0.481 e. The average Bonchev–Trinajstić information content (AvgIpc) is 3.23. The number of fused-ring (bicyclic) bond motifs is 1. The molecule has 13 heteroatoms. The van der Waals surface area contributed by atoms with E-state index in [9.17, 15) is 24.0 Å². The van der Waals surface area contributed by atoms with Crippen molar-refractivity contribution in [2.24, 2.45) is 0 Å². The van der Waals surface area contributed by atoms with Crippen molar-refractivity contribution in [2.45, 2.75) is 82.3 Å². The van der Waals surface area contributed by atoms with E-state index in [0.717, 1.165) is 76.2 Å². The van der Waals surface area contributed by atoms with Crippen LogP contribution in [0.4, 0.5) is 0 Å². The molecule has 0 bridgehead atoms. The first-order valence-electron chi connectivity index (χ1n) is 15.3. The van der Waals surface area contributed by atoms with Gasteiger partial charge in [0.25, 0.3) is 5.56 Å². The molecule has 2 aliphatic heterocycles. The monoisotopic (exact) mass is 628 g/mol. The Labute approximate surface area is 262 Å². The number of hydrogen-bond donors (Lipinski definition) is 4. The highest BCUT2D eigenvalue weighted by Gasteiger charge is 2.40. The average molecular weight is 629 g/mol. The molecule has 45 heavy (non-hydrogen) atoms. The maximum Gasteiger partial charge on any atom is 0.336 e. The molecule has 2 aliphatic rings. The molecule has 4 N–H and O–H groups in total. The standard InChI is InChI=1S/C26H36N4O2.C6H8O7/c1-20(21-9-5-3-6-10-21)18-28(2)19-26(32)29-15-12-22(13-16-29)23-17-25(31)30-14-8-4-7-11-24(30)27-23;7-3(8)1-6(13,5(11)12)2-4(9)10/h3,5-6,9-10,17,20,22H,4,7-8,11-16,18-19H2,1-2H3;13H,1-2H2,(H,7,8)(H,9,10)(H,11,12). The van der Waals surface area contributed by atoms with Gasteiger partial charge in [0, 0.05) is 44.6 Å². The Morgan fingerprint density at radius 2 is 1.60 bits per heavy atom. The second-order valence-corrected chi connectivity index (χ2v) is 12.0. The highest BCUT2D eigenvalue weighted by atomic mass is 16.4. The number of benzene rings is 1. The number of carboxylic acids is 3. The van der Waals surface area contributed by atoms with E-state index >= 15 is 0 Å². The fourth-order valence-corrected chi connectivity index (χ4v) is 5.83. The van der Waals surface area contributed by atoms with Crippen LogP contribution in [-0.4, -0.2) is 102 Å². The van der Waals surface area contributed by atoms with Crippen LogP contribution in [0.25, 0.3) is 0 Å². The highest BCUT2D eigenvalue weighted by molar-refractivity contribution is 5.88. The molecule has 246 valence electrons. The lowest BCUT2D eigenvalue weighted by Crippen LogP contribution is -2.43. The number of carboxylic acid groups (broad SMARTS) is 3. The molecule has 1 atom stereocenters. The van der Waals surface area contributed by atoms with Gasteiger partial charge in [0.1, 0.15) is 5.82 Å². The van der Waals surface area contributed by atoms with E-state index in [1.165, 1.54) is 5.56 Å². The van der Waals surface area contributed by atoms with Crippen molar-refractivity contribution in [1.82, 2.24) is 19.4 Å². The third-order valence-corrected chi connectivity index (χ3v) is 8.30. The summed E-state index contributed by atoms with van der Waals surface area (Å²) in [4.78, 5) is 65.0. The van der Waals surface area contributed by atoms with E-state index in [4.69, 9.17) is 25.4 Å². The van der Waals surface area contributed by atoms with Crippen LogP contribution in [0.3, 0.4) is 0 Å². The van der Waals surface area contributed by atoms with Gasteiger partial charge in [-0.15, -0.1) is 0 Å². The zero-order valence-electron chi connectivity index (χ0n) is 25.9. The van der Waals surface area contributed by atoms with Crippen LogP contribution in [0.1, 0.15) is 80.8 Å². The van der Waals surface area contributed by atoms with Crippen LogP contribution in [0.15, 0.2) is 41.2 Å². The topological polar surface area (TPSA) is 191 Å². The predicted molar refractivity (Wildman–Crippen MR) is 164 cm³/mol. The maximum atomic E-state index is 12.9. The van der Waals surface area contributed by atoms with Crippen molar-refractivity contribution in [1.29, 1.82) is 0 Å². The molecule has 1 aromatic carbocycles. The second kappa shape index (κ2) is 16.3. The molecular weight excluding hydrogens is 584 g/mol. The van der Waals surface area contributed by atoms with Gasteiger partial charge in [-0.2, -0.15) is 0 Å². The zero-order chi connectivity index (χ0) is 33.1. The van der Waals surface area contributed by atoms with E-state index in [2.05, 4.69) is 36.1 Å². The molecule has 2 aromatic rings. The Balaban J connectivity index is 0.000000360. The van der Waals surface area contributed by atoms with Gasteiger partial charge >= 0.3 is 17.9 Å². The van der Waals surface area contributed by atoms with Crippen molar-refractivity contribution < 1.29 is 39.6 Å². The minimum absolute atomic E-state index is 0.0968. The molecule has 1 amide bonds. The maximum absolute atomic E-state index is 12.9. The number of aryl methyl sites for hydroxylation is 1. The Hall–Kier alpha value is -4.10. The predicted octanol–water partition coefficient (Wildman–Crippen LogP) is 2.16. The lowest BCUT2D eigenvalue weighted by atomic mass is 9.93. The molecule has 1 aromatic heterocycles. The number of carbonyl (C=O) groups is 4. The number of aliphatic carboxylic acids is 3. The number of likely N-dealkylation sites (N-methyl/N-ethyl adjacent to an activating group) is 1. The summed E-state index contributed by atoms with van der Waals surface area (Å²) in [5.41, 5.74) is -0.405. The Morgan fingerprint density at radius 1 is 0.978 bits per heavy atom. The molecule has 0 spiro atoms. The summed E-state index contributed by atoms with van der Waals surface area (Å²) < 4.78 is 1.86. The zero-order valence-corrected chi connectivity index (χ0v) is 25.9. The van der Waals surface area contributed by atoms with Crippen molar-refractivity contribution in [3.05, 3.63) is 63.8 Å². The fraction of sp³-hybridized carbons (Fsp3) is 0.562. The highest BCUT2D eigenvalue weighted by Crippen LogP contribution is 2.27. The van der Waals surface area contributed by atoms with Gasteiger partial charge in [0.2, 0.25) is 5.91 Å². The first-order valence-corrected chi connectivity index (χ1v) is 15.3. The summed E-state index contributed by atoms with van der Waals surface area (Å²) in [5, 5.41) is 33.8. The first-order chi connectivity index (χ1) is 21.3. The van der Waals surface area contributed by atoms with Crippen LogP contribution < -0.4 is 5.56 Å². The summed E-state index contributed by atoms with van der Waals surface area (Å²) >= 11 is 0. The minimum atomic E-state index is -2.74. The molecule has 1 fully saturated rings. The smallest absolute Gasteiger partial charge is 0.336 e. The Kier molecular flexibility index (Phi) is 12.8. The summed E-state index contributed by atoms with van der Waals surface area (Å²) in [6, 6.07) is 12.2. The number of piperidine rings is 1. The van der Waals surface area contributed by atoms with Gasteiger partial charge < -0.3 is 25.3 Å². The van der Waals surface area contributed by atoms with Crippen LogP contribution in [-0.2, 0) is 32.1 Å². The molecule has 3 heterocycles. The van der Waals surface area contributed by atoms with E-state index < -0.39 is 36.4 Å². The van der Waals surface area contributed by atoms with Crippen LogP contribution >= 0.6 is 0 Å². The van der Waals surface area contributed by atoms with Crippen LogP contribution in [0.2, 0.25) is 0 Å². The Bertz CT molecular complexity index is 1370. The molecule has 1 saturated heterocycles. The molecule has 0 radical (unpaired) electrons. The number of amides is 1. The first kappa shape index (κ1) is 35.4. The third kappa shape index (κ3) is 10.5. The van der Waals surface area contributed by atoms with Gasteiger partial charge in [-0.05, 0) is 44.2 Å². The second-order valence-electron chi connectivity index (χ2n) is 12.0. The van der Waals surface area contributed by atoms with Gasteiger partial charge in [-0.3, -0.25) is 28.6 Å². The van der Waals surface area contributed by atoms with Crippen molar-refractivity contribution in [3.8, 4) is 0 Å². The van der Waals surface area contributed by atoms with E-state index in [0.29, 0.717) is 12.5 Å². The molecule has 0 aliphatic carbocycles. The van der Waals surface area contributed by atoms with Crippen molar-refractivity contribution >= 4 is 23.8 Å². The normalized spacial score (nSPS) is 16.1. The van der Waals surface area contributed by atoms with E-state index in [-0.39, 0.29) is 17.4 Å². The number of aromatic nitrogens is 2. The molecule has 1 unspecified atom stereocenters. The molecule has 0 saturated carbocycles. The van der Waals surface area contributed by atoms with Crippen LogP contribution in [0, 0.1) is 0 Å². The molecule has 13 nitrogen and oxygen atoms in total. The number of hydrogen-bond acceptors (Lipinski definition) is 8.